The van der Waals surface area contributed by atoms with Crippen LogP contribution in [0.5, 0.6) is 11.5 Å². The Balaban J connectivity index is 1.62. The van der Waals surface area contributed by atoms with Gasteiger partial charge in [0.1, 0.15) is 11.5 Å². The Morgan fingerprint density at radius 2 is 1.05 bits per heavy atom. The van der Waals surface area contributed by atoms with Crippen LogP contribution in [0.15, 0.2) is 104 Å². The van der Waals surface area contributed by atoms with E-state index < -0.39 is 67.3 Å². The minimum atomic E-state index is -1.39. The molecular formula is C33H20N2O9. The Morgan fingerprint density at radius 1 is 0.545 bits per heavy atom. The molecular weight excluding hydrogens is 568 g/mol. The standard InChI is InChI=1S/C33H20N2O9/c1-17-8-6-12-20(14-17)43-32(41)34-28(37)23-16-22(27(36)19-10-4-3-5-11-19)24-26(25(23)30(34)39)31(40)35(29(24)38)33(42)44-21-13-7-9-18(2)15-21/h3-16H,1-2H3. The van der Waals surface area contributed by atoms with E-state index in [1.165, 1.54) is 36.4 Å². The summed E-state index contributed by atoms with van der Waals surface area (Å²) in [4.78, 5) is 94.4. The number of ketones is 1. The van der Waals surface area contributed by atoms with Crippen molar-refractivity contribution in [2.45, 2.75) is 13.8 Å². The molecule has 0 spiro atoms. The number of carbonyl (C=O) groups is 3. The first-order valence-corrected chi connectivity index (χ1v) is 13.2. The maximum absolute atomic E-state index is 13.7. The van der Waals surface area contributed by atoms with Crippen LogP contribution in [0.4, 0.5) is 9.59 Å². The van der Waals surface area contributed by atoms with Gasteiger partial charge in [-0.05, 0) is 55.3 Å². The van der Waals surface area contributed by atoms with Crippen molar-refractivity contribution in [3.63, 3.8) is 0 Å². The number of fused-ring (bicyclic) bond motifs is 3. The second-order valence-electron chi connectivity index (χ2n) is 10.1. The molecule has 6 rings (SSSR count). The Hall–Kier alpha value is -6.23. The Morgan fingerprint density at radius 3 is 1.59 bits per heavy atom. The van der Waals surface area contributed by atoms with Crippen molar-refractivity contribution in [2.24, 2.45) is 0 Å². The summed E-state index contributed by atoms with van der Waals surface area (Å²) in [5, 5.41) is -2.33. The van der Waals surface area contributed by atoms with Gasteiger partial charge in [0.25, 0.3) is 22.2 Å². The van der Waals surface area contributed by atoms with Gasteiger partial charge < -0.3 is 9.47 Å². The molecule has 11 heteroatoms. The van der Waals surface area contributed by atoms with E-state index in [0.717, 1.165) is 17.2 Å². The normalized spacial score (nSPS) is 11.1. The summed E-state index contributed by atoms with van der Waals surface area (Å²) in [5.41, 5.74) is -3.80. The second kappa shape index (κ2) is 10.6. The van der Waals surface area contributed by atoms with E-state index in [-0.39, 0.29) is 26.2 Å². The summed E-state index contributed by atoms with van der Waals surface area (Å²) in [6.45, 7) is 3.48. The maximum Gasteiger partial charge on any atom is 0.429 e. The monoisotopic (exact) mass is 588 g/mol. The first kappa shape index (κ1) is 27.9. The fourth-order valence-electron chi connectivity index (χ4n) is 5.06. The highest BCUT2D eigenvalue weighted by atomic mass is 16.6. The molecule has 0 aliphatic rings. The predicted octanol–water partition coefficient (Wildman–Crippen LogP) is 3.85. The third-order valence-electron chi connectivity index (χ3n) is 7.05. The summed E-state index contributed by atoms with van der Waals surface area (Å²) in [7, 11) is 0. The van der Waals surface area contributed by atoms with Crippen LogP contribution in [0.25, 0.3) is 21.5 Å². The number of hydrogen-bond acceptors (Lipinski definition) is 9. The molecule has 44 heavy (non-hydrogen) atoms. The molecule has 216 valence electrons. The summed E-state index contributed by atoms with van der Waals surface area (Å²) >= 11 is 0. The molecule has 0 radical (unpaired) electrons. The van der Waals surface area contributed by atoms with Crippen molar-refractivity contribution in [3.8, 4) is 11.5 Å². The van der Waals surface area contributed by atoms with Crippen molar-refractivity contribution >= 4 is 39.5 Å². The van der Waals surface area contributed by atoms with E-state index in [4.69, 9.17) is 9.47 Å². The highest BCUT2D eigenvalue weighted by Crippen LogP contribution is 2.25. The van der Waals surface area contributed by atoms with Crippen LogP contribution in [-0.2, 0) is 0 Å². The third kappa shape index (κ3) is 4.52. The molecule has 11 nitrogen and oxygen atoms in total. The van der Waals surface area contributed by atoms with Crippen molar-refractivity contribution in [1.29, 1.82) is 0 Å². The van der Waals surface area contributed by atoms with Crippen LogP contribution >= 0.6 is 0 Å². The van der Waals surface area contributed by atoms with Gasteiger partial charge in [-0.15, -0.1) is 0 Å². The van der Waals surface area contributed by atoms with Gasteiger partial charge in [-0.3, -0.25) is 24.0 Å². The lowest BCUT2D eigenvalue weighted by molar-refractivity contribution is 0.104. The number of nitrogens with zero attached hydrogens (tertiary/aromatic N) is 2. The lowest BCUT2D eigenvalue weighted by Gasteiger charge is -2.04. The van der Waals surface area contributed by atoms with E-state index in [0.29, 0.717) is 0 Å². The van der Waals surface area contributed by atoms with Gasteiger partial charge in [0, 0.05) is 11.1 Å². The van der Waals surface area contributed by atoms with Crippen LogP contribution in [0.1, 0.15) is 27.0 Å². The highest BCUT2D eigenvalue weighted by molar-refractivity contribution is 6.22. The fraction of sp³-hybridized carbons (Fsp3) is 0.0606. The minimum absolute atomic E-state index is 0.0358. The van der Waals surface area contributed by atoms with Gasteiger partial charge in [0.2, 0.25) is 0 Å². The highest BCUT2D eigenvalue weighted by Gasteiger charge is 2.31. The molecule has 2 aromatic heterocycles. The van der Waals surface area contributed by atoms with Gasteiger partial charge in [-0.25, -0.2) is 9.59 Å². The molecule has 0 amide bonds. The number of rotatable bonds is 4. The topological polar surface area (TPSA) is 148 Å². The molecule has 0 bridgehead atoms. The number of hydrogen-bond donors (Lipinski definition) is 0. The van der Waals surface area contributed by atoms with Crippen LogP contribution in [-0.4, -0.2) is 27.1 Å². The summed E-state index contributed by atoms with van der Waals surface area (Å²) < 4.78 is 10.8. The zero-order valence-corrected chi connectivity index (χ0v) is 23.2. The second-order valence-corrected chi connectivity index (χ2v) is 10.1. The lowest BCUT2D eigenvalue weighted by atomic mass is 9.96. The largest absolute Gasteiger partial charge is 0.429 e. The van der Waals surface area contributed by atoms with Crippen molar-refractivity contribution in [2.75, 3.05) is 0 Å². The average Bonchev–Trinajstić information content (AvgIpc) is 3.40. The van der Waals surface area contributed by atoms with Crippen molar-refractivity contribution < 1.29 is 23.9 Å². The van der Waals surface area contributed by atoms with E-state index in [2.05, 4.69) is 0 Å². The Bertz CT molecular complexity index is 2390. The smallest absolute Gasteiger partial charge is 0.410 e. The van der Waals surface area contributed by atoms with Crippen LogP contribution < -0.4 is 31.7 Å². The number of aryl methyl sites for hydroxylation is 2. The van der Waals surface area contributed by atoms with Gasteiger partial charge >= 0.3 is 12.2 Å². The predicted molar refractivity (Wildman–Crippen MR) is 160 cm³/mol. The van der Waals surface area contributed by atoms with Gasteiger partial charge in [0.15, 0.2) is 5.78 Å². The van der Waals surface area contributed by atoms with E-state index in [9.17, 15) is 33.6 Å². The SMILES string of the molecule is Cc1cccc(OC(=O)n2c(=O)c3cc(C(=O)c4ccccc4)c4c(=O)n(C(=O)Oc5cccc(C)c5)c(=O)c4c3c2=O)c1. The number of benzene rings is 4. The molecule has 0 N–H and O–H groups in total. The van der Waals surface area contributed by atoms with Crippen LogP contribution in [0.2, 0.25) is 0 Å². The van der Waals surface area contributed by atoms with E-state index in [1.807, 2.05) is 0 Å². The van der Waals surface area contributed by atoms with Gasteiger partial charge in [-0.2, -0.15) is 9.13 Å². The van der Waals surface area contributed by atoms with Crippen molar-refractivity contribution in [1.82, 2.24) is 9.13 Å². The minimum Gasteiger partial charge on any atom is -0.410 e. The first-order valence-electron chi connectivity index (χ1n) is 13.2. The quantitative estimate of drug-likeness (QED) is 0.280. The molecule has 2 heterocycles. The average molecular weight is 589 g/mol. The molecule has 0 aliphatic heterocycles. The molecule has 0 fully saturated rings. The van der Waals surface area contributed by atoms with Crippen LogP contribution in [0, 0.1) is 13.8 Å². The molecule has 0 saturated heterocycles. The summed E-state index contributed by atoms with van der Waals surface area (Å²) in [6.07, 6.45) is -2.75. The first-order chi connectivity index (χ1) is 21.1. The molecule has 6 aromatic rings. The third-order valence-corrected chi connectivity index (χ3v) is 7.05. The molecule has 0 aliphatic carbocycles. The van der Waals surface area contributed by atoms with Crippen molar-refractivity contribution in [3.05, 3.63) is 149 Å². The van der Waals surface area contributed by atoms with Gasteiger partial charge in [-0.1, -0.05) is 54.6 Å². The van der Waals surface area contributed by atoms with E-state index in [1.54, 1.807) is 56.3 Å². The zero-order valence-electron chi connectivity index (χ0n) is 23.2. The van der Waals surface area contributed by atoms with Gasteiger partial charge in [0.05, 0.1) is 21.5 Å². The number of carbonyl (C=O) groups excluding carboxylic acids is 3. The Kier molecular flexibility index (Phi) is 6.70. The van der Waals surface area contributed by atoms with E-state index >= 15 is 0 Å². The van der Waals surface area contributed by atoms with Crippen LogP contribution in [0.3, 0.4) is 0 Å². The maximum atomic E-state index is 13.7. The molecule has 0 unspecified atom stereocenters. The molecule has 0 atom stereocenters. The molecule has 0 saturated carbocycles. The summed E-state index contributed by atoms with van der Waals surface area (Å²) in [5.74, 6) is -0.678. The zero-order chi connectivity index (χ0) is 31.3. The number of ether oxygens (including phenoxy) is 2. The Labute approximate surface area is 246 Å². The lowest BCUT2D eigenvalue weighted by Crippen LogP contribution is -2.35. The summed E-state index contributed by atoms with van der Waals surface area (Å²) in [6, 6.07) is 21.2. The number of aromatic nitrogens is 2. The fourth-order valence-corrected chi connectivity index (χ4v) is 5.06. The molecule has 4 aromatic carbocycles.